The number of hydrogen-bond acceptors (Lipinski definition) is 3. The molecule has 1 saturated heterocycles. The van der Waals surface area contributed by atoms with Gasteiger partial charge in [-0.15, -0.1) is 0 Å². The van der Waals surface area contributed by atoms with E-state index in [0.29, 0.717) is 18.6 Å². The van der Waals surface area contributed by atoms with Gasteiger partial charge in [-0.2, -0.15) is 0 Å². The van der Waals surface area contributed by atoms with Crippen molar-refractivity contribution >= 4 is 11.8 Å². The molecule has 0 radical (unpaired) electrons. The van der Waals surface area contributed by atoms with E-state index in [1.807, 2.05) is 6.92 Å². The van der Waals surface area contributed by atoms with Crippen LogP contribution in [-0.4, -0.2) is 17.9 Å². The second kappa shape index (κ2) is 8.26. The molecule has 0 aromatic rings. The average molecular weight is 240 g/mol. The largest absolute Gasteiger partial charge is 0.463 e. The van der Waals surface area contributed by atoms with Crippen molar-refractivity contribution in [2.45, 2.75) is 77.2 Å². The zero-order valence-electron chi connectivity index (χ0n) is 10.9. The first-order chi connectivity index (χ1) is 8.18. The predicted octanol–water partition coefficient (Wildman–Crippen LogP) is 3.40. The summed E-state index contributed by atoms with van der Waals surface area (Å²) < 4.78 is 5.28. The molecule has 1 aliphatic heterocycles. The van der Waals surface area contributed by atoms with Crippen LogP contribution in [0.2, 0.25) is 0 Å². The van der Waals surface area contributed by atoms with Crippen LogP contribution in [-0.2, 0) is 14.3 Å². The van der Waals surface area contributed by atoms with Crippen LogP contribution in [0.1, 0.15) is 71.1 Å². The number of esters is 1. The summed E-state index contributed by atoms with van der Waals surface area (Å²) in [5.41, 5.74) is 0. The number of rotatable bonds is 0. The highest BCUT2D eigenvalue weighted by Gasteiger charge is 2.11. The molecule has 1 unspecified atom stereocenters. The molecule has 3 nitrogen and oxygen atoms in total. The summed E-state index contributed by atoms with van der Waals surface area (Å²) >= 11 is 0. The van der Waals surface area contributed by atoms with Gasteiger partial charge >= 0.3 is 5.97 Å². The van der Waals surface area contributed by atoms with Gasteiger partial charge in [0, 0.05) is 19.3 Å². The number of carbonyl (C=O) groups is 2. The van der Waals surface area contributed by atoms with Gasteiger partial charge in [-0.05, 0) is 32.6 Å². The van der Waals surface area contributed by atoms with Crippen molar-refractivity contribution in [2.24, 2.45) is 0 Å². The highest BCUT2D eigenvalue weighted by Crippen LogP contribution is 2.13. The summed E-state index contributed by atoms with van der Waals surface area (Å²) in [6, 6.07) is 0. The Balaban J connectivity index is 2.34. The lowest BCUT2D eigenvalue weighted by atomic mass is 10.0. The molecule has 1 heterocycles. The van der Waals surface area contributed by atoms with Crippen LogP contribution in [0.4, 0.5) is 0 Å². The molecule has 0 aromatic carbocycles. The molecule has 0 aliphatic carbocycles. The molecule has 0 bridgehead atoms. The molecule has 17 heavy (non-hydrogen) atoms. The predicted molar refractivity (Wildman–Crippen MR) is 66.7 cm³/mol. The molecular formula is C14H24O3. The van der Waals surface area contributed by atoms with Gasteiger partial charge in [0.2, 0.25) is 0 Å². The Labute approximate surface area is 104 Å². The van der Waals surface area contributed by atoms with Gasteiger partial charge in [-0.3, -0.25) is 9.59 Å². The maximum Gasteiger partial charge on any atom is 0.306 e. The Morgan fingerprint density at radius 1 is 0.882 bits per heavy atom. The van der Waals surface area contributed by atoms with Crippen molar-refractivity contribution < 1.29 is 14.3 Å². The standard InChI is InChI=1S/C14H24O3/c1-12-8-7-10-13(15)9-5-3-2-4-6-11-14(16)17-12/h12H,2-11H2,1H3. The maximum atomic E-state index is 11.5. The first-order valence-corrected chi connectivity index (χ1v) is 6.89. The first kappa shape index (κ1) is 14.2. The first-order valence-electron chi connectivity index (χ1n) is 6.89. The molecule has 3 heteroatoms. The number of hydrogen-bond donors (Lipinski definition) is 0. The number of ketones is 1. The Bertz CT molecular complexity index is 248. The van der Waals surface area contributed by atoms with E-state index in [2.05, 4.69) is 0 Å². The normalized spacial score (nSPS) is 26.1. The third kappa shape index (κ3) is 7.14. The topological polar surface area (TPSA) is 43.4 Å². The van der Waals surface area contributed by atoms with Crippen molar-refractivity contribution in [3.8, 4) is 0 Å². The molecule has 0 N–H and O–H groups in total. The second-order valence-corrected chi connectivity index (χ2v) is 5.00. The van der Waals surface area contributed by atoms with E-state index < -0.39 is 0 Å². The van der Waals surface area contributed by atoms with Crippen LogP contribution in [0, 0.1) is 0 Å². The van der Waals surface area contributed by atoms with E-state index in [4.69, 9.17) is 4.74 Å². The van der Waals surface area contributed by atoms with Gasteiger partial charge in [-0.25, -0.2) is 0 Å². The summed E-state index contributed by atoms with van der Waals surface area (Å²) in [4.78, 5) is 23.0. The van der Waals surface area contributed by atoms with Crippen LogP contribution >= 0.6 is 0 Å². The van der Waals surface area contributed by atoms with Gasteiger partial charge in [0.05, 0.1) is 6.10 Å². The number of ether oxygens (including phenoxy) is 1. The molecule has 0 aromatic heterocycles. The van der Waals surface area contributed by atoms with Gasteiger partial charge in [0.25, 0.3) is 0 Å². The molecule has 0 saturated carbocycles. The van der Waals surface area contributed by atoms with Crippen molar-refractivity contribution in [1.29, 1.82) is 0 Å². The summed E-state index contributed by atoms with van der Waals surface area (Å²) in [6.45, 7) is 1.91. The fourth-order valence-electron chi connectivity index (χ4n) is 2.18. The van der Waals surface area contributed by atoms with E-state index in [1.54, 1.807) is 0 Å². The van der Waals surface area contributed by atoms with Crippen molar-refractivity contribution in [3.63, 3.8) is 0 Å². The maximum absolute atomic E-state index is 11.5. The number of cyclic esters (lactones) is 1. The number of Topliss-reactive ketones (excluding diaryl/α,β-unsaturated/α-hetero) is 1. The van der Waals surface area contributed by atoms with Gasteiger partial charge in [0.1, 0.15) is 5.78 Å². The molecule has 1 atom stereocenters. The van der Waals surface area contributed by atoms with E-state index in [0.717, 1.165) is 51.4 Å². The van der Waals surface area contributed by atoms with Crippen LogP contribution < -0.4 is 0 Å². The second-order valence-electron chi connectivity index (χ2n) is 5.00. The highest BCUT2D eigenvalue weighted by atomic mass is 16.5. The molecule has 1 rings (SSSR count). The molecular weight excluding hydrogens is 216 g/mol. The van der Waals surface area contributed by atoms with E-state index in [-0.39, 0.29) is 12.1 Å². The van der Waals surface area contributed by atoms with Crippen molar-refractivity contribution in [1.82, 2.24) is 0 Å². The zero-order valence-corrected chi connectivity index (χ0v) is 10.9. The summed E-state index contributed by atoms with van der Waals surface area (Å²) in [7, 11) is 0. The monoisotopic (exact) mass is 240 g/mol. The molecule has 0 amide bonds. The Kier molecular flexibility index (Phi) is 6.90. The van der Waals surface area contributed by atoms with Crippen LogP contribution in [0.15, 0.2) is 0 Å². The third-order valence-electron chi connectivity index (χ3n) is 3.24. The van der Waals surface area contributed by atoms with E-state index in [1.165, 1.54) is 0 Å². The Morgan fingerprint density at radius 3 is 2.24 bits per heavy atom. The van der Waals surface area contributed by atoms with Crippen molar-refractivity contribution in [3.05, 3.63) is 0 Å². The smallest absolute Gasteiger partial charge is 0.306 e. The Morgan fingerprint density at radius 2 is 1.47 bits per heavy atom. The van der Waals surface area contributed by atoms with Crippen LogP contribution in [0.5, 0.6) is 0 Å². The minimum Gasteiger partial charge on any atom is -0.463 e. The SMILES string of the molecule is CC1CCCC(=O)CCCCCCCC(=O)O1. The lowest BCUT2D eigenvalue weighted by molar-refractivity contribution is -0.148. The van der Waals surface area contributed by atoms with Gasteiger partial charge < -0.3 is 4.74 Å². The minimum absolute atomic E-state index is 0.0433. The van der Waals surface area contributed by atoms with Crippen molar-refractivity contribution in [2.75, 3.05) is 0 Å². The lowest BCUT2D eigenvalue weighted by Gasteiger charge is -2.13. The Hall–Kier alpha value is -0.860. The fraction of sp³-hybridized carbons (Fsp3) is 0.857. The quantitative estimate of drug-likeness (QED) is 0.609. The fourth-order valence-corrected chi connectivity index (χ4v) is 2.18. The zero-order chi connectivity index (χ0) is 12.5. The van der Waals surface area contributed by atoms with E-state index >= 15 is 0 Å². The molecule has 1 fully saturated rings. The summed E-state index contributed by atoms with van der Waals surface area (Å²) in [5.74, 6) is 0.279. The lowest BCUT2D eigenvalue weighted by Crippen LogP contribution is -2.15. The number of carbonyl (C=O) groups excluding carboxylic acids is 2. The molecule has 0 spiro atoms. The van der Waals surface area contributed by atoms with Gasteiger partial charge in [-0.1, -0.05) is 19.3 Å². The summed E-state index contributed by atoms with van der Waals surface area (Å²) in [6.07, 6.45) is 8.74. The highest BCUT2D eigenvalue weighted by molar-refractivity contribution is 5.78. The van der Waals surface area contributed by atoms with Crippen LogP contribution in [0.25, 0.3) is 0 Å². The van der Waals surface area contributed by atoms with Crippen LogP contribution in [0.3, 0.4) is 0 Å². The third-order valence-corrected chi connectivity index (χ3v) is 3.24. The minimum atomic E-state index is -0.0825. The summed E-state index contributed by atoms with van der Waals surface area (Å²) in [5, 5.41) is 0. The molecule has 98 valence electrons. The average Bonchev–Trinajstić information content (AvgIpc) is 2.26. The molecule has 1 aliphatic rings. The van der Waals surface area contributed by atoms with E-state index in [9.17, 15) is 9.59 Å². The van der Waals surface area contributed by atoms with Gasteiger partial charge in [0.15, 0.2) is 0 Å².